The van der Waals surface area contributed by atoms with E-state index in [1.807, 2.05) is 19.9 Å². The van der Waals surface area contributed by atoms with Gasteiger partial charge in [-0.05, 0) is 72.6 Å². The van der Waals surface area contributed by atoms with E-state index in [2.05, 4.69) is 35.7 Å². The summed E-state index contributed by atoms with van der Waals surface area (Å²) < 4.78 is 5.57. The molecule has 0 spiro atoms. The first-order valence-electron chi connectivity index (χ1n) is 15.0. The number of carboxylic acid groups (broad SMARTS) is 1. The van der Waals surface area contributed by atoms with Gasteiger partial charge >= 0.3 is 12.1 Å². The fourth-order valence-corrected chi connectivity index (χ4v) is 7.00. The van der Waals surface area contributed by atoms with Crippen LogP contribution < -0.4 is 0 Å². The highest BCUT2D eigenvalue weighted by Gasteiger charge is 2.43. The van der Waals surface area contributed by atoms with E-state index in [4.69, 9.17) is 4.74 Å². The van der Waals surface area contributed by atoms with Crippen LogP contribution in [0.5, 0.6) is 0 Å². The lowest BCUT2D eigenvalue weighted by Gasteiger charge is -2.39. The summed E-state index contributed by atoms with van der Waals surface area (Å²) in [5.41, 5.74) is 1.98. The van der Waals surface area contributed by atoms with Crippen molar-refractivity contribution in [1.29, 1.82) is 0 Å². The minimum atomic E-state index is -0.689. The van der Waals surface area contributed by atoms with Gasteiger partial charge in [-0.25, -0.2) is 4.79 Å². The van der Waals surface area contributed by atoms with E-state index in [0.717, 1.165) is 45.3 Å². The number of rotatable bonds is 12. The van der Waals surface area contributed by atoms with Crippen molar-refractivity contribution in [2.24, 2.45) is 23.7 Å². The Morgan fingerprint density at radius 1 is 1.12 bits per heavy atom. The Balaban J connectivity index is 1.35. The fraction of sp³-hybridized carbons (Fsp3) is 0.515. The number of ether oxygens (including phenoxy) is 1. The second-order valence-electron chi connectivity index (χ2n) is 12.1. The van der Waals surface area contributed by atoms with Gasteiger partial charge in [0, 0.05) is 44.4 Å². The van der Waals surface area contributed by atoms with Crippen molar-refractivity contribution in [2.75, 3.05) is 26.2 Å². The number of nitrogens with zero attached hydrogens (tertiary/aromatic N) is 3. The van der Waals surface area contributed by atoms with Crippen molar-refractivity contribution in [1.82, 2.24) is 9.80 Å². The minimum Gasteiger partial charge on any atom is -0.481 e. The van der Waals surface area contributed by atoms with Crippen LogP contribution in [0.2, 0.25) is 0 Å². The predicted molar refractivity (Wildman–Crippen MR) is 161 cm³/mol. The molecule has 0 aromatic heterocycles. The maximum Gasteiger partial charge on any atom is 0.410 e. The average molecular weight is 578 g/mol. The van der Waals surface area contributed by atoms with Crippen molar-refractivity contribution in [3.05, 3.63) is 88.5 Å². The van der Waals surface area contributed by atoms with Gasteiger partial charge in [-0.2, -0.15) is 0 Å². The predicted octanol–water partition coefficient (Wildman–Crippen LogP) is 6.35. The number of hydrogen-bond donors (Lipinski definition) is 1. The zero-order valence-electron chi connectivity index (χ0n) is 24.6. The molecule has 2 unspecified atom stereocenters. The van der Waals surface area contributed by atoms with Crippen molar-refractivity contribution in [3.8, 4) is 0 Å². The van der Waals surface area contributed by atoms with Crippen LogP contribution in [0.25, 0.3) is 0 Å². The zero-order chi connectivity index (χ0) is 30.2. The van der Waals surface area contributed by atoms with Crippen LogP contribution in [0, 0.1) is 33.8 Å². The summed E-state index contributed by atoms with van der Waals surface area (Å²) in [6.07, 6.45) is 4.73. The lowest BCUT2D eigenvalue weighted by Crippen LogP contribution is -2.48. The fourth-order valence-electron chi connectivity index (χ4n) is 7.00. The number of aliphatic carboxylic acids is 1. The van der Waals surface area contributed by atoms with Gasteiger partial charge in [0.25, 0.3) is 5.69 Å². The number of amides is 1. The summed E-state index contributed by atoms with van der Waals surface area (Å²) >= 11 is 0. The number of hydrogen-bond acceptors (Lipinski definition) is 6. The molecular formula is C33H43N3O6. The van der Waals surface area contributed by atoms with Crippen LogP contribution in [0.15, 0.2) is 67.3 Å². The van der Waals surface area contributed by atoms with Crippen molar-refractivity contribution >= 4 is 17.7 Å². The molecule has 226 valence electrons. The Morgan fingerprint density at radius 3 is 2.36 bits per heavy atom. The lowest BCUT2D eigenvalue weighted by atomic mass is 9.81. The maximum absolute atomic E-state index is 13.0. The zero-order valence-corrected chi connectivity index (χ0v) is 24.6. The van der Waals surface area contributed by atoms with Crippen LogP contribution in [0.3, 0.4) is 0 Å². The number of nitro benzene ring substituents is 1. The summed E-state index contributed by atoms with van der Waals surface area (Å²) in [7, 11) is 0. The number of nitro groups is 1. The minimum absolute atomic E-state index is 0.00467. The summed E-state index contributed by atoms with van der Waals surface area (Å²) in [5.74, 6) is -0.0626. The van der Waals surface area contributed by atoms with Crippen LogP contribution in [0.4, 0.5) is 10.5 Å². The lowest BCUT2D eigenvalue weighted by molar-refractivity contribution is -0.384. The average Bonchev–Trinajstić information content (AvgIpc) is 3.38. The van der Waals surface area contributed by atoms with Crippen molar-refractivity contribution in [3.63, 3.8) is 0 Å². The van der Waals surface area contributed by atoms with Gasteiger partial charge in [0.05, 0.1) is 10.8 Å². The number of carbonyl (C=O) groups excluding carboxylic acids is 1. The molecule has 1 aliphatic carbocycles. The molecule has 9 heteroatoms. The first-order valence-corrected chi connectivity index (χ1v) is 15.0. The molecule has 1 aliphatic heterocycles. The van der Waals surface area contributed by atoms with E-state index in [1.165, 1.54) is 17.7 Å². The molecule has 0 bridgehead atoms. The molecule has 4 atom stereocenters. The van der Waals surface area contributed by atoms with Gasteiger partial charge in [-0.1, -0.05) is 50.3 Å². The van der Waals surface area contributed by atoms with Crippen LogP contribution >= 0.6 is 0 Å². The Morgan fingerprint density at radius 2 is 1.79 bits per heavy atom. The molecule has 42 heavy (non-hydrogen) atoms. The van der Waals surface area contributed by atoms with Gasteiger partial charge in [0.2, 0.25) is 0 Å². The topological polar surface area (TPSA) is 113 Å². The molecule has 1 amide bonds. The van der Waals surface area contributed by atoms with E-state index in [0.29, 0.717) is 23.9 Å². The molecule has 9 nitrogen and oxygen atoms in total. The van der Waals surface area contributed by atoms with Crippen molar-refractivity contribution < 1.29 is 24.4 Å². The maximum atomic E-state index is 13.0. The van der Waals surface area contributed by atoms with Crippen molar-refractivity contribution in [2.45, 2.75) is 58.1 Å². The molecular weight excluding hydrogens is 534 g/mol. The summed E-state index contributed by atoms with van der Waals surface area (Å²) in [6, 6.07) is 16.5. The Hall–Kier alpha value is -3.72. The standard InChI is InChI=1S/C33H43N3O6/c1-4-16-35(33(39)42-22-24-10-12-29(13-11-24)36(40)41)28-14-17-34(18-15-28)21-27-19-26(31(23(2)3)32(37)38)20-30(27)25-8-6-5-7-9-25/h4-13,23,26-28,30-31H,1,14-22H2,2-3H3,(H,37,38)/t26?,27-,30-,31?/m1/s1. The number of non-ortho nitro benzene ring substituents is 1. The highest BCUT2D eigenvalue weighted by molar-refractivity contribution is 5.70. The highest BCUT2D eigenvalue weighted by Crippen LogP contribution is 2.48. The van der Waals surface area contributed by atoms with Gasteiger partial charge in [-0.15, -0.1) is 6.58 Å². The van der Waals surface area contributed by atoms with E-state index >= 15 is 0 Å². The molecule has 2 fully saturated rings. The molecule has 4 rings (SSSR count). The second kappa shape index (κ2) is 14.4. The third kappa shape index (κ3) is 7.76. The highest BCUT2D eigenvalue weighted by atomic mass is 16.6. The molecule has 1 N–H and O–H groups in total. The number of carbonyl (C=O) groups is 2. The summed E-state index contributed by atoms with van der Waals surface area (Å²) in [4.78, 5) is 39.8. The van der Waals surface area contributed by atoms with E-state index in [-0.39, 0.29) is 36.1 Å². The molecule has 0 radical (unpaired) electrons. The number of carboxylic acids is 1. The monoisotopic (exact) mass is 577 g/mol. The first-order chi connectivity index (χ1) is 20.2. The first kappa shape index (κ1) is 31.2. The van der Waals surface area contributed by atoms with E-state index in [9.17, 15) is 24.8 Å². The third-order valence-corrected chi connectivity index (χ3v) is 9.03. The normalized spacial score (nSPS) is 22.0. The van der Waals surface area contributed by atoms with Gasteiger partial charge < -0.3 is 19.6 Å². The summed E-state index contributed by atoms with van der Waals surface area (Å²) in [5, 5.41) is 20.9. The molecule has 2 aromatic carbocycles. The molecule has 2 aliphatic rings. The Bertz CT molecular complexity index is 1210. The third-order valence-electron chi connectivity index (χ3n) is 9.03. The van der Waals surface area contributed by atoms with Crippen LogP contribution in [-0.4, -0.2) is 64.1 Å². The molecule has 1 saturated carbocycles. The van der Waals surface area contributed by atoms with Gasteiger partial charge in [-0.3, -0.25) is 14.9 Å². The number of likely N-dealkylation sites (tertiary alicyclic amines) is 1. The van der Waals surface area contributed by atoms with E-state index in [1.54, 1.807) is 23.1 Å². The van der Waals surface area contributed by atoms with Gasteiger partial charge in [0.15, 0.2) is 0 Å². The SMILES string of the molecule is C=CCN(C(=O)OCc1ccc([N+](=O)[O-])cc1)C1CCN(C[C@H]2CC(C(C(=O)O)C(C)C)C[C@@H]2c2ccccc2)CC1. The molecule has 1 saturated heterocycles. The van der Waals surface area contributed by atoms with E-state index < -0.39 is 17.0 Å². The number of piperidine rings is 1. The van der Waals surface area contributed by atoms with Gasteiger partial charge in [0.1, 0.15) is 6.61 Å². The molecule has 1 heterocycles. The Kier molecular flexibility index (Phi) is 10.7. The van der Waals surface area contributed by atoms with Crippen LogP contribution in [0.1, 0.15) is 56.6 Å². The summed E-state index contributed by atoms with van der Waals surface area (Å²) in [6.45, 7) is 10.9. The quantitative estimate of drug-likeness (QED) is 0.178. The molecule has 2 aromatic rings. The smallest absolute Gasteiger partial charge is 0.410 e. The second-order valence-corrected chi connectivity index (χ2v) is 12.1. The number of benzene rings is 2. The Labute approximate surface area is 248 Å². The largest absolute Gasteiger partial charge is 0.481 e. The van der Waals surface area contributed by atoms with Crippen LogP contribution in [-0.2, 0) is 16.1 Å².